The summed E-state index contributed by atoms with van der Waals surface area (Å²) in [7, 11) is 1.39. The number of esters is 1. The maximum atomic E-state index is 11.2. The van der Waals surface area contributed by atoms with E-state index in [1.54, 1.807) is 6.07 Å². The largest absolute Gasteiger partial charge is 0.465 e. The Morgan fingerprint density at radius 1 is 1.57 bits per heavy atom. The fourth-order valence-corrected chi connectivity index (χ4v) is 1.64. The van der Waals surface area contributed by atoms with Crippen molar-refractivity contribution in [2.45, 2.75) is 18.2 Å². The van der Waals surface area contributed by atoms with Gasteiger partial charge in [-0.05, 0) is 24.1 Å². The van der Waals surface area contributed by atoms with Gasteiger partial charge in [0.15, 0.2) is 0 Å². The first-order valence-corrected chi connectivity index (χ1v) is 5.36. The van der Waals surface area contributed by atoms with Crippen LogP contribution in [0, 0.1) is 0 Å². The fraction of sp³-hybridized carbons (Fsp3) is 0.364. The zero-order valence-electron chi connectivity index (χ0n) is 8.29. The van der Waals surface area contributed by atoms with E-state index in [9.17, 15) is 4.79 Å². The van der Waals surface area contributed by atoms with E-state index in [1.807, 2.05) is 18.2 Å². The second-order valence-corrected chi connectivity index (χ2v) is 4.74. The average molecular weight is 257 g/mol. The molecule has 1 atom stereocenters. The Hall–Kier alpha value is -0.830. The lowest BCUT2D eigenvalue weighted by Gasteiger charge is -2.05. The molecule has 0 spiro atoms. The van der Waals surface area contributed by atoms with Gasteiger partial charge in [-0.3, -0.25) is 0 Å². The number of methoxy groups -OCH3 is 1. The number of hydrogen-bond donors (Lipinski definition) is 0. The molecular formula is C11H13BrO2. The number of carbonyl (C=O) groups is 1. The van der Waals surface area contributed by atoms with Crippen molar-refractivity contribution in [1.82, 2.24) is 0 Å². The molecule has 1 aromatic carbocycles. The summed E-state index contributed by atoms with van der Waals surface area (Å²) in [6.07, 6.45) is 0.908. The second-order valence-electron chi connectivity index (χ2n) is 3.18. The Morgan fingerprint density at radius 2 is 2.29 bits per heavy atom. The van der Waals surface area contributed by atoms with Crippen molar-refractivity contribution in [3.63, 3.8) is 0 Å². The van der Waals surface area contributed by atoms with Crippen LogP contribution in [0.3, 0.4) is 0 Å². The minimum atomic E-state index is -0.283. The summed E-state index contributed by atoms with van der Waals surface area (Å²) < 4.78 is 4.65. The lowest BCUT2D eigenvalue weighted by Crippen LogP contribution is -2.03. The Kier molecular flexibility index (Phi) is 4.14. The van der Waals surface area contributed by atoms with Gasteiger partial charge in [0.05, 0.1) is 12.7 Å². The van der Waals surface area contributed by atoms with Crippen LogP contribution in [0.1, 0.15) is 22.8 Å². The van der Waals surface area contributed by atoms with E-state index in [0.29, 0.717) is 10.4 Å². The van der Waals surface area contributed by atoms with Crippen molar-refractivity contribution in [1.29, 1.82) is 0 Å². The van der Waals surface area contributed by atoms with Crippen LogP contribution >= 0.6 is 15.9 Å². The number of rotatable bonds is 3. The van der Waals surface area contributed by atoms with Crippen LogP contribution in [0.25, 0.3) is 0 Å². The highest BCUT2D eigenvalue weighted by Gasteiger charge is 2.06. The number of carbonyl (C=O) groups excluding carboxylic acids is 1. The molecule has 2 nitrogen and oxygen atoms in total. The van der Waals surface area contributed by atoms with Gasteiger partial charge in [-0.2, -0.15) is 0 Å². The summed E-state index contributed by atoms with van der Waals surface area (Å²) >= 11 is 3.47. The molecular weight excluding hydrogens is 244 g/mol. The van der Waals surface area contributed by atoms with Crippen LogP contribution in [0.15, 0.2) is 24.3 Å². The summed E-state index contributed by atoms with van der Waals surface area (Å²) in [5.74, 6) is -0.283. The molecule has 1 aromatic rings. The van der Waals surface area contributed by atoms with Gasteiger partial charge < -0.3 is 4.74 Å². The number of alkyl halides is 1. The van der Waals surface area contributed by atoms with Crippen LogP contribution in [0.4, 0.5) is 0 Å². The maximum Gasteiger partial charge on any atom is 0.337 e. The highest BCUT2D eigenvalue weighted by Crippen LogP contribution is 2.12. The minimum absolute atomic E-state index is 0.283. The Balaban J connectivity index is 2.84. The molecule has 0 N–H and O–H groups in total. The highest BCUT2D eigenvalue weighted by molar-refractivity contribution is 9.09. The first-order chi connectivity index (χ1) is 6.63. The average Bonchev–Trinajstić information content (AvgIpc) is 2.16. The molecule has 0 bridgehead atoms. The molecule has 3 heteroatoms. The smallest absolute Gasteiger partial charge is 0.337 e. The molecule has 1 rings (SSSR count). The Bertz CT molecular complexity index is 321. The molecule has 0 saturated carbocycles. The summed E-state index contributed by atoms with van der Waals surface area (Å²) in [6, 6.07) is 7.50. The molecule has 0 saturated heterocycles. The molecule has 0 aliphatic rings. The van der Waals surface area contributed by atoms with E-state index in [2.05, 4.69) is 27.6 Å². The zero-order valence-corrected chi connectivity index (χ0v) is 9.87. The van der Waals surface area contributed by atoms with E-state index in [1.165, 1.54) is 7.11 Å². The molecule has 0 fully saturated rings. The van der Waals surface area contributed by atoms with Crippen LogP contribution in [-0.2, 0) is 11.2 Å². The van der Waals surface area contributed by atoms with E-state index in [0.717, 1.165) is 12.0 Å². The maximum absolute atomic E-state index is 11.2. The van der Waals surface area contributed by atoms with Gasteiger partial charge in [-0.25, -0.2) is 4.79 Å². The van der Waals surface area contributed by atoms with Gasteiger partial charge in [0.2, 0.25) is 0 Å². The molecule has 0 aliphatic heterocycles. The molecule has 0 radical (unpaired) electrons. The van der Waals surface area contributed by atoms with Crippen molar-refractivity contribution in [2.75, 3.05) is 7.11 Å². The first-order valence-electron chi connectivity index (χ1n) is 4.45. The van der Waals surface area contributed by atoms with E-state index in [-0.39, 0.29) is 5.97 Å². The van der Waals surface area contributed by atoms with Crippen molar-refractivity contribution < 1.29 is 9.53 Å². The summed E-state index contributed by atoms with van der Waals surface area (Å²) in [5, 5.41) is 0. The van der Waals surface area contributed by atoms with Crippen LogP contribution < -0.4 is 0 Å². The predicted octanol–water partition coefficient (Wildman–Crippen LogP) is 2.80. The third-order valence-electron chi connectivity index (χ3n) is 1.87. The van der Waals surface area contributed by atoms with Crippen molar-refractivity contribution >= 4 is 21.9 Å². The minimum Gasteiger partial charge on any atom is -0.465 e. The molecule has 0 aliphatic carbocycles. The number of halogens is 1. The standard InChI is InChI=1S/C11H13BrO2/c1-8(12)6-9-4-3-5-10(7-9)11(13)14-2/h3-5,7-8H,6H2,1-2H3. The summed E-state index contributed by atoms with van der Waals surface area (Å²) in [5.41, 5.74) is 1.75. The van der Waals surface area contributed by atoms with Gasteiger partial charge in [0.25, 0.3) is 0 Å². The Morgan fingerprint density at radius 3 is 2.86 bits per heavy atom. The fourth-order valence-electron chi connectivity index (χ4n) is 1.27. The molecule has 1 unspecified atom stereocenters. The van der Waals surface area contributed by atoms with Gasteiger partial charge in [-0.15, -0.1) is 0 Å². The second kappa shape index (κ2) is 5.15. The quantitative estimate of drug-likeness (QED) is 0.614. The summed E-state index contributed by atoms with van der Waals surface area (Å²) in [6.45, 7) is 2.07. The molecule has 76 valence electrons. The number of benzene rings is 1. The van der Waals surface area contributed by atoms with Gasteiger partial charge in [0.1, 0.15) is 0 Å². The predicted molar refractivity (Wildman–Crippen MR) is 59.9 cm³/mol. The van der Waals surface area contributed by atoms with Gasteiger partial charge in [0, 0.05) is 4.83 Å². The topological polar surface area (TPSA) is 26.3 Å². The van der Waals surface area contributed by atoms with Crippen LogP contribution in [-0.4, -0.2) is 17.9 Å². The lowest BCUT2D eigenvalue weighted by molar-refractivity contribution is 0.0600. The lowest BCUT2D eigenvalue weighted by atomic mass is 10.1. The van der Waals surface area contributed by atoms with E-state index >= 15 is 0 Å². The van der Waals surface area contributed by atoms with E-state index < -0.39 is 0 Å². The van der Waals surface area contributed by atoms with Crippen LogP contribution in [0.5, 0.6) is 0 Å². The monoisotopic (exact) mass is 256 g/mol. The summed E-state index contributed by atoms with van der Waals surface area (Å²) in [4.78, 5) is 11.6. The third-order valence-corrected chi connectivity index (χ3v) is 2.19. The zero-order chi connectivity index (χ0) is 10.6. The third kappa shape index (κ3) is 3.14. The van der Waals surface area contributed by atoms with E-state index in [4.69, 9.17) is 0 Å². The van der Waals surface area contributed by atoms with Gasteiger partial charge >= 0.3 is 5.97 Å². The molecule has 0 heterocycles. The Labute approximate surface area is 92.4 Å². The molecule has 0 aromatic heterocycles. The van der Waals surface area contributed by atoms with Crippen molar-refractivity contribution in [2.24, 2.45) is 0 Å². The van der Waals surface area contributed by atoms with Gasteiger partial charge in [-0.1, -0.05) is 35.0 Å². The van der Waals surface area contributed by atoms with Crippen LogP contribution in [0.2, 0.25) is 0 Å². The number of ether oxygens (including phenoxy) is 1. The first kappa shape index (κ1) is 11.2. The molecule has 14 heavy (non-hydrogen) atoms. The highest BCUT2D eigenvalue weighted by atomic mass is 79.9. The SMILES string of the molecule is COC(=O)c1cccc(CC(C)Br)c1. The van der Waals surface area contributed by atoms with Crippen molar-refractivity contribution in [3.8, 4) is 0 Å². The molecule has 0 amide bonds. The van der Waals surface area contributed by atoms with Crippen molar-refractivity contribution in [3.05, 3.63) is 35.4 Å². The normalized spacial score (nSPS) is 12.2. The number of hydrogen-bond acceptors (Lipinski definition) is 2.